The van der Waals surface area contributed by atoms with Crippen molar-refractivity contribution in [2.45, 2.75) is 25.6 Å². The third-order valence-electron chi connectivity index (χ3n) is 3.06. The molecule has 3 nitrogen and oxygen atoms in total. The van der Waals surface area contributed by atoms with Gasteiger partial charge >= 0.3 is 0 Å². The van der Waals surface area contributed by atoms with Gasteiger partial charge in [-0.2, -0.15) is 0 Å². The molecule has 0 aliphatic heterocycles. The predicted octanol–water partition coefficient (Wildman–Crippen LogP) is 3.28. The zero-order chi connectivity index (χ0) is 14.2. The Bertz CT molecular complexity index is 437. The minimum absolute atomic E-state index is 0.0831. The maximum atomic E-state index is 9.56. The minimum Gasteiger partial charge on any atom is -0.486 e. The largest absolute Gasteiger partial charge is 0.486 e. The lowest BCUT2D eigenvalue weighted by Gasteiger charge is -2.26. The average molecular weight is 272 g/mol. The molecule has 0 bridgehead atoms. The van der Waals surface area contributed by atoms with Crippen molar-refractivity contribution in [2.24, 2.45) is 0 Å². The first-order chi connectivity index (χ1) is 9.83. The molecule has 0 aliphatic rings. The quantitative estimate of drug-likeness (QED) is 0.840. The van der Waals surface area contributed by atoms with Crippen LogP contribution in [0.15, 0.2) is 60.7 Å². The highest BCUT2D eigenvalue weighted by atomic mass is 16.5. The lowest BCUT2D eigenvalue weighted by molar-refractivity contribution is 0.0142. The molecule has 2 aromatic rings. The van der Waals surface area contributed by atoms with Gasteiger partial charge in [0.2, 0.25) is 0 Å². The van der Waals surface area contributed by atoms with E-state index in [0.29, 0.717) is 0 Å². The molecule has 2 aromatic carbocycles. The molecule has 0 fully saturated rings. The normalized spacial score (nSPS) is 13.5. The highest BCUT2D eigenvalue weighted by Crippen LogP contribution is 2.18. The van der Waals surface area contributed by atoms with E-state index in [1.54, 1.807) is 0 Å². The van der Waals surface area contributed by atoms with Crippen LogP contribution in [-0.4, -0.2) is 23.9 Å². The molecule has 2 unspecified atom stereocenters. The highest BCUT2D eigenvalue weighted by molar-refractivity contribution is 5.23. The summed E-state index contributed by atoms with van der Waals surface area (Å²) in [6, 6.07) is 19.1. The Kier molecular flexibility index (Phi) is 5.44. The Balaban J connectivity index is 2.04. The van der Waals surface area contributed by atoms with Crippen LogP contribution in [0.1, 0.15) is 13.3 Å². The van der Waals surface area contributed by atoms with E-state index in [-0.39, 0.29) is 18.8 Å². The summed E-state index contributed by atoms with van der Waals surface area (Å²) in [5.74, 6) is 1.52. The number of hydrogen-bond donors (Lipinski definition) is 1. The van der Waals surface area contributed by atoms with Crippen molar-refractivity contribution < 1.29 is 14.6 Å². The summed E-state index contributed by atoms with van der Waals surface area (Å²) in [6.07, 6.45) is 0.178. The van der Waals surface area contributed by atoms with Crippen LogP contribution in [0, 0.1) is 0 Å². The molecule has 106 valence electrons. The zero-order valence-corrected chi connectivity index (χ0v) is 11.6. The molecule has 0 saturated carbocycles. The molecule has 0 heterocycles. The Morgan fingerprint density at radius 2 is 1.25 bits per heavy atom. The molecule has 0 spiro atoms. The van der Waals surface area contributed by atoms with E-state index >= 15 is 0 Å². The molecule has 1 N–H and O–H groups in total. The zero-order valence-electron chi connectivity index (χ0n) is 11.6. The van der Waals surface area contributed by atoms with E-state index in [1.165, 1.54) is 0 Å². The van der Waals surface area contributed by atoms with Crippen molar-refractivity contribution >= 4 is 0 Å². The Hall–Kier alpha value is -2.00. The summed E-state index contributed by atoms with van der Waals surface area (Å²) < 4.78 is 11.7. The van der Waals surface area contributed by atoms with Gasteiger partial charge in [0.15, 0.2) is 6.10 Å². The van der Waals surface area contributed by atoms with Crippen molar-refractivity contribution in [3.05, 3.63) is 60.7 Å². The van der Waals surface area contributed by atoms with Crippen LogP contribution in [0.5, 0.6) is 11.5 Å². The molecule has 2 rings (SSSR count). The summed E-state index contributed by atoms with van der Waals surface area (Å²) in [5, 5.41) is 9.56. The van der Waals surface area contributed by atoms with Crippen LogP contribution >= 0.6 is 0 Å². The fraction of sp³-hybridized carbons (Fsp3) is 0.294. The molecule has 20 heavy (non-hydrogen) atoms. The monoisotopic (exact) mass is 272 g/mol. The van der Waals surface area contributed by atoms with Gasteiger partial charge in [-0.05, 0) is 30.7 Å². The molecule has 0 amide bonds. The second kappa shape index (κ2) is 7.56. The smallest absolute Gasteiger partial charge is 0.158 e. The first kappa shape index (κ1) is 14.4. The SMILES string of the molecule is CCC(Oc1ccccc1)C(CO)Oc1ccccc1. The van der Waals surface area contributed by atoms with E-state index in [9.17, 15) is 5.11 Å². The van der Waals surface area contributed by atoms with Crippen LogP contribution < -0.4 is 9.47 Å². The molecule has 0 aromatic heterocycles. The van der Waals surface area contributed by atoms with Gasteiger partial charge in [-0.25, -0.2) is 0 Å². The summed E-state index contributed by atoms with van der Waals surface area (Å²) in [5.41, 5.74) is 0. The number of para-hydroxylation sites is 2. The van der Waals surface area contributed by atoms with Crippen molar-refractivity contribution in [1.29, 1.82) is 0 Å². The average Bonchev–Trinajstić information content (AvgIpc) is 2.52. The number of rotatable bonds is 7. The van der Waals surface area contributed by atoms with Gasteiger partial charge in [0.05, 0.1) is 6.61 Å². The maximum Gasteiger partial charge on any atom is 0.158 e. The van der Waals surface area contributed by atoms with Gasteiger partial charge in [0.25, 0.3) is 0 Å². The topological polar surface area (TPSA) is 38.7 Å². The van der Waals surface area contributed by atoms with E-state index in [4.69, 9.17) is 9.47 Å². The third-order valence-corrected chi connectivity index (χ3v) is 3.06. The molecular weight excluding hydrogens is 252 g/mol. The molecular formula is C17H20O3. The first-order valence-corrected chi connectivity index (χ1v) is 6.87. The molecule has 3 heteroatoms. The van der Waals surface area contributed by atoms with Gasteiger partial charge < -0.3 is 14.6 Å². The number of benzene rings is 2. The van der Waals surface area contributed by atoms with Crippen LogP contribution in [0.3, 0.4) is 0 Å². The Labute approximate surface area is 119 Å². The van der Waals surface area contributed by atoms with Gasteiger partial charge in [-0.3, -0.25) is 0 Å². The molecule has 0 radical (unpaired) electrons. The van der Waals surface area contributed by atoms with Crippen LogP contribution in [0.2, 0.25) is 0 Å². The fourth-order valence-corrected chi connectivity index (χ4v) is 2.00. The Morgan fingerprint density at radius 1 is 0.800 bits per heavy atom. The van der Waals surface area contributed by atoms with Crippen molar-refractivity contribution in [3.8, 4) is 11.5 Å². The highest BCUT2D eigenvalue weighted by Gasteiger charge is 2.23. The second-order valence-electron chi connectivity index (χ2n) is 4.53. The lowest BCUT2D eigenvalue weighted by Crippen LogP contribution is -2.38. The van der Waals surface area contributed by atoms with E-state index < -0.39 is 0 Å². The molecule has 0 saturated heterocycles. The van der Waals surface area contributed by atoms with Crippen LogP contribution in [0.25, 0.3) is 0 Å². The molecule has 2 atom stereocenters. The third kappa shape index (κ3) is 4.00. The number of aliphatic hydroxyl groups is 1. The van der Waals surface area contributed by atoms with Gasteiger partial charge in [0, 0.05) is 0 Å². The maximum absolute atomic E-state index is 9.56. The predicted molar refractivity (Wildman–Crippen MR) is 79.1 cm³/mol. The van der Waals surface area contributed by atoms with Crippen LogP contribution in [-0.2, 0) is 0 Å². The van der Waals surface area contributed by atoms with E-state index in [0.717, 1.165) is 17.9 Å². The Morgan fingerprint density at radius 3 is 1.65 bits per heavy atom. The summed E-state index contributed by atoms with van der Waals surface area (Å²) in [7, 11) is 0. The van der Waals surface area contributed by atoms with E-state index in [1.807, 2.05) is 67.6 Å². The summed E-state index contributed by atoms with van der Waals surface area (Å²) in [4.78, 5) is 0. The second-order valence-corrected chi connectivity index (χ2v) is 4.53. The summed E-state index contributed by atoms with van der Waals surface area (Å²) in [6.45, 7) is 1.94. The number of aliphatic hydroxyl groups excluding tert-OH is 1. The lowest BCUT2D eigenvalue weighted by atomic mass is 10.1. The van der Waals surface area contributed by atoms with Crippen LogP contribution in [0.4, 0.5) is 0 Å². The summed E-state index contributed by atoms with van der Waals surface area (Å²) >= 11 is 0. The number of hydrogen-bond acceptors (Lipinski definition) is 3. The minimum atomic E-state index is -0.386. The number of ether oxygens (including phenoxy) is 2. The van der Waals surface area contributed by atoms with Crippen molar-refractivity contribution in [1.82, 2.24) is 0 Å². The first-order valence-electron chi connectivity index (χ1n) is 6.87. The van der Waals surface area contributed by atoms with Gasteiger partial charge in [-0.15, -0.1) is 0 Å². The van der Waals surface area contributed by atoms with Crippen molar-refractivity contribution in [3.63, 3.8) is 0 Å². The van der Waals surface area contributed by atoms with Crippen molar-refractivity contribution in [2.75, 3.05) is 6.61 Å². The van der Waals surface area contributed by atoms with E-state index in [2.05, 4.69) is 0 Å². The van der Waals surface area contributed by atoms with Gasteiger partial charge in [-0.1, -0.05) is 43.3 Å². The fourth-order valence-electron chi connectivity index (χ4n) is 2.00. The standard InChI is InChI=1S/C17H20O3/c1-2-16(19-14-9-5-3-6-10-14)17(13-18)20-15-11-7-4-8-12-15/h3-12,16-18H,2,13H2,1H3. The van der Waals surface area contributed by atoms with Gasteiger partial charge in [0.1, 0.15) is 17.6 Å². The molecule has 0 aliphatic carbocycles.